The summed E-state index contributed by atoms with van der Waals surface area (Å²) in [6.07, 6.45) is 4.72. The molecule has 19 heavy (non-hydrogen) atoms. The lowest BCUT2D eigenvalue weighted by atomic mass is 10.1. The van der Waals surface area contributed by atoms with Gasteiger partial charge in [-0.1, -0.05) is 18.2 Å². The number of benzene rings is 1. The molecule has 100 valence electrons. The first-order chi connectivity index (χ1) is 9.06. The molecule has 4 heteroatoms. The van der Waals surface area contributed by atoms with Gasteiger partial charge in [0.15, 0.2) is 6.10 Å². The second-order valence-electron chi connectivity index (χ2n) is 4.65. The van der Waals surface area contributed by atoms with E-state index in [0.29, 0.717) is 17.9 Å². The molecule has 0 aromatic heterocycles. The summed E-state index contributed by atoms with van der Waals surface area (Å²) in [6.45, 7) is 3.30. The third kappa shape index (κ3) is 3.44. The molecule has 1 aromatic carbocycles. The average molecular weight is 259 g/mol. The molecule has 0 saturated heterocycles. The standard InChI is InChI=1S/C15H17NO3/c1-10(17)5-3-4-6-12-7-8-14-13(9-12)16-15(18)11(2)19-14/h4,6-9,11H,3,5H2,1-2H3,(H,16,18)/b6-4+. The zero-order chi connectivity index (χ0) is 13.8. The van der Waals surface area contributed by atoms with Gasteiger partial charge in [-0.05, 0) is 38.0 Å². The number of Topliss-reactive ketones (excluding diaryl/α,β-unsaturated/α-hetero) is 1. The molecule has 0 fully saturated rings. The molecule has 1 aliphatic heterocycles. The fourth-order valence-electron chi connectivity index (χ4n) is 1.84. The number of nitrogens with one attached hydrogen (secondary N) is 1. The van der Waals surface area contributed by atoms with Crippen molar-refractivity contribution in [2.75, 3.05) is 5.32 Å². The molecule has 0 saturated carbocycles. The lowest BCUT2D eigenvalue weighted by molar-refractivity contribution is -0.122. The lowest BCUT2D eigenvalue weighted by Gasteiger charge is -2.23. The molecule has 1 N–H and O–H groups in total. The Morgan fingerprint density at radius 2 is 2.26 bits per heavy atom. The maximum Gasteiger partial charge on any atom is 0.265 e. The molecule has 4 nitrogen and oxygen atoms in total. The van der Waals surface area contributed by atoms with Crippen molar-refractivity contribution in [2.45, 2.75) is 32.8 Å². The summed E-state index contributed by atoms with van der Waals surface area (Å²) >= 11 is 0. The highest BCUT2D eigenvalue weighted by molar-refractivity contribution is 5.97. The molecule has 2 rings (SSSR count). The zero-order valence-electron chi connectivity index (χ0n) is 11.1. The van der Waals surface area contributed by atoms with Gasteiger partial charge in [-0.3, -0.25) is 4.79 Å². The van der Waals surface area contributed by atoms with E-state index in [1.165, 1.54) is 0 Å². The Balaban J connectivity index is 2.07. The van der Waals surface area contributed by atoms with Gasteiger partial charge in [0.05, 0.1) is 5.69 Å². The van der Waals surface area contributed by atoms with E-state index >= 15 is 0 Å². The van der Waals surface area contributed by atoms with Crippen molar-refractivity contribution >= 4 is 23.5 Å². The van der Waals surface area contributed by atoms with Crippen LogP contribution in [-0.4, -0.2) is 17.8 Å². The number of carbonyl (C=O) groups excluding carboxylic acids is 2. The molecule has 1 aliphatic rings. The Bertz CT molecular complexity index is 534. The van der Waals surface area contributed by atoms with Crippen LogP contribution in [-0.2, 0) is 9.59 Å². The minimum absolute atomic E-state index is 0.134. The number of hydrogen-bond donors (Lipinski definition) is 1. The van der Waals surface area contributed by atoms with Crippen molar-refractivity contribution in [2.24, 2.45) is 0 Å². The molecule has 1 aromatic rings. The summed E-state index contributed by atoms with van der Waals surface area (Å²) in [5.74, 6) is 0.739. The van der Waals surface area contributed by atoms with Gasteiger partial charge in [0, 0.05) is 6.42 Å². The van der Waals surface area contributed by atoms with E-state index in [2.05, 4.69) is 5.32 Å². The van der Waals surface area contributed by atoms with Crippen molar-refractivity contribution in [1.82, 2.24) is 0 Å². The molecule has 0 aliphatic carbocycles. The Labute approximate surface area is 112 Å². The minimum Gasteiger partial charge on any atom is -0.479 e. The van der Waals surface area contributed by atoms with Crippen LogP contribution in [0.4, 0.5) is 5.69 Å². The van der Waals surface area contributed by atoms with Gasteiger partial charge in [0.1, 0.15) is 11.5 Å². The summed E-state index contributed by atoms with van der Waals surface area (Å²) in [7, 11) is 0. The summed E-state index contributed by atoms with van der Waals surface area (Å²) in [5.41, 5.74) is 1.66. The first kappa shape index (κ1) is 13.3. The van der Waals surface area contributed by atoms with Crippen molar-refractivity contribution in [3.8, 4) is 5.75 Å². The molecule has 0 radical (unpaired) electrons. The maximum absolute atomic E-state index is 11.5. The Morgan fingerprint density at radius 1 is 1.47 bits per heavy atom. The van der Waals surface area contributed by atoms with Crippen molar-refractivity contribution in [1.29, 1.82) is 0 Å². The van der Waals surface area contributed by atoms with Crippen molar-refractivity contribution in [3.05, 3.63) is 29.8 Å². The topological polar surface area (TPSA) is 55.4 Å². The van der Waals surface area contributed by atoms with Crippen LogP contribution in [0.2, 0.25) is 0 Å². The number of rotatable bonds is 4. The number of fused-ring (bicyclic) bond motifs is 1. The van der Waals surface area contributed by atoms with Gasteiger partial charge in [0.2, 0.25) is 0 Å². The Morgan fingerprint density at radius 3 is 3.00 bits per heavy atom. The van der Waals surface area contributed by atoms with Crippen LogP contribution in [0.1, 0.15) is 32.3 Å². The zero-order valence-corrected chi connectivity index (χ0v) is 11.1. The SMILES string of the molecule is CC(=O)CC/C=C/c1ccc2c(c1)NC(=O)C(C)O2. The molecular weight excluding hydrogens is 242 g/mol. The maximum atomic E-state index is 11.5. The summed E-state index contributed by atoms with van der Waals surface area (Å²) in [5, 5.41) is 2.81. The molecule has 0 bridgehead atoms. The van der Waals surface area contributed by atoms with Crippen LogP contribution < -0.4 is 10.1 Å². The number of carbonyl (C=O) groups is 2. The highest BCUT2D eigenvalue weighted by Gasteiger charge is 2.23. The molecular formula is C15H17NO3. The average Bonchev–Trinajstić information content (AvgIpc) is 2.36. The molecule has 0 spiro atoms. The summed E-state index contributed by atoms with van der Waals surface area (Å²) in [4.78, 5) is 22.3. The van der Waals surface area contributed by atoms with E-state index < -0.39 is 6.10 Å². The molecule has 1 atom stereocenters. The number of ketones is 1. The second-order valence-corrected chi connectivity index (χ2v) is 4.65. The summed E-state index contributed by atoms with van der Waals surface area (Å²) in [6, 6.07) is 5.63. The predicted molar refractivity (Wildman–Crippen MR) is 74.1 cm³/mol. The van der Waals surface area contributed by atoms with Crippen LogP contribution >= 0.6 is 0 Å². The lowest BCUT2D eigenvalue weighted by Crippen LogP contribution is -2.34. The third-order valence-corrected chi connectivity index (χ3v) is 2.91. The Hall–Kier alpha value is -2.10. The van der Waals surface area contributed by atoms with Crippen molar-refractivity contribution in [3.63, 3.8) is 0 Å². The molecule has 1 unspecified atom stereocenters. The number of allylic oxidation sites excluding steroid dienone is 1. The Kier molecular flexibility index (Phi) is 4.00. The van der Waals surface area contributed by atoms with E-state index in [1.807, 2.05) is 30.4 Å². The fourth-order valence-corrected chi connectivity index (χ4v) is 1.84. The van der Waals surface area contributed by atoms with E-state index in [4.69, 9.17) is 4.74 Å². The summed E-state index contributed by atoms with van der Waals surface area (Å²) < 4.78 is 5.48. The largest absolute Gasteiger partial charge is 0.479 e. The van der Waals surface area contributed by atoms with Crippen LogP contribution in [0, 0.1) is 0 Å². The highest BCUT2D eigenvalue weighted by atomic mass is 16.5. The third-order valence-electron chi connectivity index (χ3n) is 2.91. The van der Waals surface area contributed by atoms with E-state index in [0.717, 1.165) is 12.0 Å². The van der Waals surface area contributed by atoms with Crippen molar-refractivity contribution < 1.29 is 14.3 Å². The van der Waals surface area contributed by atoms with E-state index in [-0.39, 0.29) is 11.7 Å². The van der Waals surface area contributed by atoms with Gasteiger partial charge in [-0.2, -0.15) is 0 Å². The normalized spacial score (nSPS) is 17.8. The van der Waals surface area contributed by atoms with Gasteiger partial charge in [-0.25, -0.2) is 0 Å². The quantitative estimate of drug-likeness (QED) is 0.904. The predicted octanol–water partition coefficient (Wildman–Crippen LogP) is 2.79. The highest BCUT2D eigenvalue weighted by Crippen LogP contribution is 2.30. The number of hydrogen-bond acceptors (Lipinski definition) is 3. The fraction of sp³-hybridized carbons (Fsp3) is 0.333. The van der Waals surface area contributed by atoms with Gasteiger partial charge in [0.25, 0.3) is 5.91 Å². The van der Waals surface area contributed by atoms with Crippen LogP contribution in [0.25, 0.3) is 6.08 Å². The van der Waals surface area contributed by atoms with Gasteiger partial charge >= 0.3 is 0 Å². The van der Waals surface area contributed by atoms with Crippen LogP contribution in [0.15, 0.2) is 24.3 Å². The first-order valence-electron chi connectivity index (χ1n) is 6.34. The molecule has 1 heterocycles. The van der Waals surface area contributed by atoms with E-state index in [9.17, 15) is 9.59 Å². The number of amides is 1. The van der Waals surface area contributed by atoms with Crippen LogP contribution in [0.5, 0.6) is 5.75 Å². The molecule has 1 amide bonds. The minimum atomic E-state index is -0.454. The van der Waals surface area contributed by atoms with E-state index in [1.54, 1.807) is 13.8 Å². The number of anilines is 1. The van der Waals surface area contributed by atoms with Gasteiger partial charge in [-0.15, -0.1) is 0 Å². The van der Waals surface area contributed by atoms with Gasteiger partial charge < -0.3 is 14.8 Å². The first-order valence-corrected chi connectivity index (χ1v) is 6.34. The second kappa shape index (κ2) is 5.69. The smallest absolute Gasteiger partial charge is 0.265 e. The monoisotopic (exact) mass is 259 g/mol. The number of ether oxygens (including phenoxy) is 1. The van der Waals surface area contributed by atoms with Crippen LogP contribution in [0.3, 0.4) is 0 Å².